The van der Waals surface area contributed by atoms with Crippen LogP contribution in [0.25, 0.3) is 16.7 Å². The number of allylic oxidation sites excluding steroid dienone is 2. The van der Waals surface area contributed by atoms with E-state index in [1.807, 2.05) is 25.1 Å². The Hall–Kier alpha value is -3.45. The van der Waals surface area contributed by atoms with Crippen molar-refractivity contribution in [3.05, 3.63) is 71.3 Å². The molecule has 3 N–H and O–H groups in total. The minimum absolute atomic E-state index is 0.304. The molecule has 0 fully saturated rings. The van der Waals surface area contributed by atoms with E-state index in [-0.39, 0.29) is 5.82 Å². The number of anilines is 1. The molecule has 0 saturated carbocycles. The number of benzene rings is 2. The van der Waals surface area contributed by atoms with Crippen molar-refractivity contribution in [1.82, 2.24) is 14.7 Å². The van der Waals surface area contributed by atoms with Gasteiger partial charge in [0.1, 0.15) is 5.82 Å². The minimum Gasteiger partial charge on any atom is -0.400 e. The third-order valence-electron chi connectivity index (χ3n) is 5.76. The molecule has 2 heterocycles. The van der Waals surface area contributed by atoms with E-state index >= 15 is 0 Å². The lowest BCUT2D eigenvalue weighted by Gasteiger charge is -2.12. The quantitative estimate of drug-likeness (QED) is 0.510. The number of aryl methyl sites for hydroxylation is 1. The predicted octanol–water partition coefficient (Wildman–Crippen LogP) is 4.84. The highest BCUT2D eigenvalue weighted by atomic mass is 19.1. The fourth-order valence-electron chi connectivity index (χ4n) is 4.15. The monoisotopic (exact) mass is 446 g/mol. The Bertz CT molecular complexity index is 1220. The number of nitrogens with zero attached hydrogens (tertiary/aromatic N) is 4. The van der Waals surface area contributed by atoms with Gasteiger partial charge in [-0.3, -0.25) is 0 Å². The van der Waals surface area contributed by atoms with Crippen molar-refractivity contribution in [3.8, 4) is 11.1 Å². The highest BCUT2D eigenvalue weighted by molar-refractivity contribution is 6.24. The number of aliphatic imine (C=N–C) groups is 1. The van der Waals surface area contributed by atoms with Crippen molar-refractivity contribution in [1.29, 1.82) is 0 Å². The number of rotatable bonds is 7. The normalized spacial score (nSPS) is 13.7. The summed E-state index contributed by atoms with van der Waals surface area (Å²) >= 11 is 0. The van der Waals surface area contributed by atoms with E-state index in [0.717, 1.165) is 47.6 Å². The number of nitrogens with two attached hydrogens (primary N) is 1. The van der Waals surface area contributed by atoms with Gasteiger partial charge in [0.25, 0.3) is 0 Å². The Morgan fingerprint density at radius 3 is 2.70 bits per heavy atom. The van der Waals surface area contributed by atoms with E-state index < -0.39 is 0 Å². The summed E-state index contributed by atoms with van der Waals surface area (Å²) < 4.78 is 16.6. The van der Waals surface area contributed by atoms with Crippen LogP contribution in [0.15, 0.2) is 59.4 Å². The van der Waals surface area contributed by atoms with Gasteiger partial charge in [-0.2, -0.15) is 5.10 Å². The van der Waals surface area contributed by atoms with Crippen molar-refractivity contribution in [3.63, 3.8) is 0 Å². The number of nitrogens with one attached hydrogen (secondary N) is 1. The van der Waals surface area contributed by atoms with Crippen LogP contribution in [0.5, 0.6) is 0 Å². The average Bonchev–Trinajstić information content (AvgIpc) is 3.08. The van der Waals surface area contributed by atoms with Crippen LogP contribution in [-0.4, -0.2) is 47.6 Å². The van der Waals surface area contributed by atoms with E-state index in [0.29, 0.717) is 29.2 Å². The predicted molar refractivity (Wildman–Crippen MR) is 134 cm³/mol. The Kier molecular flexibility index (Phi) is 6.60. The van der Waals surface area contributed by atoms with E-state index in [1.54, 1.807) is 16.9 Å². The van der Waals surface area contributed by atoms with Gasteiger partial charge in [0.05, 0.1) is 12.7 Å². The molecule has 0 spiro atoms. The third-order valence-corrected chi connectivity index (χ3v) is 5.76. The second-order valence-electron chi connectivity index (χ2n) is 8.78. The van der Waals surface area contributed by atoms with Gasteiger partial charge in [-0.15, -0.1) is 0 Å². The Morgan fingerprint density at radius 2 is 1.94 bits per heavy atom. The topological polar surface area (TPSA) is 71.5 Å². The van der Waals surface area contributed by atoms with Gasteiger partial charge in [-0.05, 0) is 64.7 Å². The summed E-state index contributed by atoms with van der Waals surface area (Å²) in [4.78, 5) is 7.01. The molecule has 0 amide bonds. The minimum atomic E-state index is -0.304. The molecule has 1 aromatic heterocycles. The van der Waals surface area contributed by atoms with E-state index in [1.165, 1.54) is 6.07 Å². The molecule has 3 aromatic rings. The summed E-state index contributed by atoms with van der Waals surface area (Å²) in [5.74, 6) is 0.309. The van der Waals surface area contributed by atoms with E-state index in [4.69, 9.17) is 10.7 Å². The van der Waals surface area contributed by atoms with Crippen LogP contribution in [0.2, 0.25) is 0 Å². The second-order valence-corrected chi connectivity index (χ2v) is 8.78. The molecule has 0 bridgehead atoms. The van der Waals surface area contributed by atoms with Crippen molar-refractivity contribution >= 4 is 22.8 Å². The van der Waals surface area contributed by atoms with Gasteiger partial charge in [0, 0.05) is 40.3 Å². The van der Waals surface area contributed by atoms with Crippen molar-refractivity contribution in [2.75, 3.05) is 32.5 Å². The van der Waals surface area contributed by atoms with Crippen LogP contribution in [0, 0.1) is 12.7 Å². The summed E-state index contributed by atoms with van der Waals surface area (Å²) in [5, 5.41) is 7.88. The van der Waals surface area contributed by atoms with Crippen molar-refractivity contribution < 1.29 is 4.39 Å². The smallest absolute Gasteiger partial charge is 0.159 e. The van der Waals surface area contributed by atoms with Crippen LogP contribution in [0.3, 0.4) is 0 Å². The number of aromatic nitrogens is 2. The summed E-state index contributed by atoms with van der Waals surface area (Å²) in [6.07, 6.45) is 2.67. The van der Waals surface area contributed by atoms with E-state index in [2.05, 4.69) is 48.5 Å². The maximum atomic E-state index is 14.9. The number of fused-ring (bicyclic) bond motifs is 1. The molecule has 1 aliphatic rings. The Morgan fingerprint density at radius 1 is 1.12 bits per heavy atom. The highest BCUT2D eigenvalue weighted by Crippen LogP contribution is 2.37. The number of hydrogen-bond donors (Lipinski definition) is 2. The van der Waals surface area contributed by atoms with Gasteiger partial charge in [0.2, 0.25) is 0 Å². The average molecular weight is 447 g/mol. The third kappa shape index (κ3) is 4.98. The van der Waals surface area contributed by atoms with Gasteiger partial charge < -0.3 is 16.0 Å². The Balaban J connectivity index is 1.67. The second kappa shape index (κ2) is 9.58. The fourth-order valence-corrected chi connectivity index (χ4v) is 4.15. The zero-order chi connectivity index (χ0) is 23.5. The van der Waals surface area contributed by atoms with Gasteiger partial charge in [-0.25, -0.2) is 14.1 Å². The van der Waals surface area contributed by atoms with Crippen molar-refractivity contribution in [2.45, 2.75) is 26.8 Å². The van der Waals surface area contributed by atoms with Crippen LogP contribution in [0.4, 0.5) is 15.9 Å². The summed E-state index contributed by atoms with van der Waals surface area (Å²) in [6.45, 7) is 6.19. The van der Waals surface area contributed by atoms with Gasteiger partial charge in [-0.1, -0.05) is 29.8 Å². The first-order valence-electron chi connectivity index (χ1n) is 11.2. The molecule has 2 aromatic carbocycles. The molecule has 6 nitrogen and oxygen atoms in total. The molecule has 7 heteroatoms. The molecular weight excluding hydrogens is 415 g/mol. The zero-order valence-electron chi connectivity index (χ0n) is 19.7. The summed E-state index contributed by atoms with van der Waals surface area (Å²) in [6, 6.07) is 13.3. The lowest BCUT2D eigenvalue weighted by Crippen LogP contribution is -2.16. The molecule has 172 valence electrons. The first kappa shape index (κ1) is 22.7. The molecule has 0 unspecified atom stereocenters. The Labute approximate surface area is 194 Å². The fraction of sp³-hybridized carbons (Fsp3) is 0.308. The van der Waals surface area contributed by atoms with Gasteiger partial charge >= 0.3 is 0 Å². The van der Waals surface area contributed by atoms with Crippen molar-refractivity contribution in [2.24, 2.45) is 10.7 Å². The lowest BCUT2D eigenvalue weighted by atomic mass is 9.98. The standard InChI is InChI=1S/C26H31FN6/c1-17-7-5-8-19(13-17)25-18(2)31-26-22(15-30-33(26)16-24(25)28)21-14-20(9-10-23(21)27)29-11-6-12-32(3)4/h5,7-10,13-15,29H,6,11-12,16,28H2,1-4H3. The SMILES string of the molecule is CC1=Nc2c(-c3cc(NCCCN(C)C)ccc3F)cnn2CC(N)=C1c1cccc(C)c1. The van der Waals surface area contributed by atoms with Crippen LogP contribution >= 0.6 is 0 Å². The first-order valence-corrected chi connectivity index (χ1v) is 11.2. The number of hydrogen-bond acceptors (Lipinski definition) is 5. The molecule has 33 heavy (non-hydrogen) atoms. The molecule has 0 radical (unpaired) electrons. The summed E-state index contributed by atoms with van der Waals surface area (Å²) in [7, 11) is 4.10. The molecule has 0 atom stereocenters. The first-order chi connectivity index (χ1) is 15.8. The largest absolute Gasteiger partial charge is 0.400 e. The molecule has 0 saturated heterocycles. The molecule has 0 aliphatic carbocycles. The van der Waals surface area contributed by atoms with Gasteiger partial charge in [0.15, 0.2) is 5.82 Å². The maximum Gasteiger partial charge on any atom is 0.159 e. The maximum absolute atomic E-state index is 14.9. The van der Waals surface area contributed by atoms with Crippen LogP contribution in [-0.2, 0) is 6.54 Å². The van der Waals surface area contributed by atoms with Crippen LogP contribution < -0.4 is 11.1 Å². The molecule has 4 rings (SSSR count). The number of halogens is 1. The zero-order valence-corrected chi connectivity index (χ0v) is 19.7. The van der Waals surface area contributed by atoms with Crippen LogP contribution in [0.1, 0.15) is 24.5 Å². The lowest BCUT2D eigenvalue weighted by molar-refractivity contribution is 0.405. The molecular formula is C26H31FN6. The highest BCUT2D eigenvalue weighted by Gasteiger charge is 2.22. The molecule has 1 aliphatic heterocycles. The summed E-state index contributed by atoms with van der Waals surface area (Å²) in [5.41, 5.74) is 13.1. The van der Waals surface area contributed by atoms with E-state index in [9.17, 15) is 4.39 Å².